The number of ether oxygens (including phenoxy) is 1. The van der Waals surface area contributed by atoms with Crippen molar-refractivity contribution in [3.8, 4) is 5.75 Å². The lowest BCUT2D eigenvalue weighted by Crippen LogP contribution is -2.31. The normalized spacial score (nSPS) is 14.2. The fourth-order valence-electron chi connectivity index (χ4n) is 3.22. The molecule has 0 aliphatic carbocycles. The van der Waals surface area contributed by atoms with Crippen molar-refractivity contribution in [2.24, 2.45) is 0 Å². The standard InChI is InChI=1S/C22H23NO4S/c1-4-27-17-8-6-16(7-9-17)23-21(25)19(20(22(23)26)28-12-11-24)18-10-5-14(2)13-15(18)3/h5-10,13,24H,4,11-12H2,1-3H3. The molecule has 0 bridgehead atoms. The SMILES string of the molecule is CCOc1ccc(N2C(=O)C(SCCO)=C(c3ccc(C)cc3C)C2=O)cc1. The maximum absolute atomic E-state index is 13.3. The number of nitrogens with zero attached hydrogens (tertiary/aromatic N) is 1. The van der Waals surface area contributed by atoms with Crippen molar-refractivity contribution in [3.05, 3.63) is 64.1 Å². The van der Waals surface area contributed by atoms with Crippen molar-refractivity contribution in [2.75, 3.05) is 23.9 Å². The molecule has 5 nitrogen and oxygen atoms in total. The van der Waals surface area contributed by atoms with Crippen molar-refractivity contribution < 1.29 is 19.4 Å². The summed E-state index contributed by atoms with van der Waals surface area (Å²) in [4.78, 5) is 28.0. The molecule has 2 aromatic rings. The second kappa shape index (κ2) is 8.63. The molecule has 1 N–H and O–H groups in total. The van der Waals surface area contributed by atoms with Crippen molar-refractivity contribution in [2.45, 2.75) is 20.8 Å². The zero-order valence-corrected chi connectivity index (χ0v) is 17.0. The van der Waals surface area contributed by atoms with Gasteiger partial charge in [-0.25, -0.2) is 4.90 Å². The zero-order chi connectivity index (χ0) is 20.3. The summed E-state index contributed by atoms with van der Waals surface area (Å²) in [7, 11) is 0. The molecular weight excluding hydrogens is 374 g/mol. The van der Waals surface area contributed by atoms with Crippen LogP contribution in [0.15, 0.2) is 47.4 Å². The van der Waals surface area contributed by atoms with Gasteiger partial charge in [0.15, 0.2) is 0 Å². The number of aliphatic hydroxyl groups is 1. The lowest BCUT2D eigenvalue weighted by Gasteiger charge is -2.16. The fourth-order valence-corrected chi connectivity index (χ4v) is 4.07. The molecule has 0 radical (unpaired) electrons. The lowest BCUT2D eigenvalue weighted by atomic mass is 9.99. The molecule has 0 saturated carbocycles. The summed E-state index contributed by atoms with van der Waals surface area (Å²) in [6, 6.07) is 12.7. The van der Waals surface area contributed by atoms with E-state index in [0.29, 0.717) is 34.3 Å². The minimum absolute atomic E-state index is 0.0706. The van der Waals surface area contributed by atoms with Crippen LogP contribution in [0.25, 0.3) is 5.57 Å². The number of amides is 2. The van der Waals surface area contributed by atoms with Crippen LogP contribution in [0, 0.1) is 13.8 Å². The van der Waals surface area contributed by atoms with E-state index in [9.17, 15) is 14.7 Å². The van der Waals surface area contributed by atoms with Crippen LogP contribution in [0.2, 0.25) is 0 Å². The lowest BCUT2D eigenvalue weighted by molar-refractivity contribution is -0.119. The van der Waals surface area contributed by atoms with E-state index in [1.54, 1.807) is 24.3 Å². The van der Waals surface area contributed by atoms with Crippen molar-refractivity contribution in [1.82, 2.24) is 0 Å². The predicted molar refractivity (Wildman–Crippen MR) is 112 cm³/mol. The molecule has 0 fully saturated rings. The molecule has 1 aliphatic rings. The maximum Gasteiger partial charge on any atom is 0.272 e. The Labute approximate surface area is 169 Å². The number of anilines is 1. The molecular formula is C22H23NO4S. The Morgan fingerprint density at radius 3 is 2.36 bits per heavy atom. The van der Waals surface area contributed by atoms with Crippen LogP contribution in [0.4, 0.5) is 5.69 Å². The largest absolute Gasteiger partial charge is 0.494 e. The molecule has 146 valence electrons. The summed E-state index contributed by atoms with van der Waals surface area (Å²) in [6.45, 7) is 6.29. The average Bonchev–Trinajstić information content (AvgIpc) is 2.91. The Morgan fingerprint density at radius 2 is 1.75 bits per heavy atom. The third-order valence-corrected chi connectivity index (χ3v) is 5.49. The zero-order valence-electron chi connectivity index (χ0n) is 16.2. The summed E-state index contributed by atoms with van der Waals surface area (Å²) < 4.78 is 5.44. The summed E-state index contributed by atoms with van der Waals surface area (Å²) in [6.07, 6.45) is 0. The smallest absolute Gasteiger partial charge is 0.272 e. The van der Waals surface area contributed by atoms with Gasteiger partial charge in [0.05, 0.1) is 29.4 Å². The number of hydrogen-bond donors (Lipinski definition) is 1. The van der Waals surface area contributed by atoms with Gasteiger partial charge in [-0.2, -0.15) is 0 Å². The van der Waals surface area contributed by atoms with Crippen molar-refractivity contribution in [3.63, 3.8) is 0 Å². The van der Waals surface area contributed by atoms with E-state index in [4.69, 9.17) is 4.74 Å². The van der Waals surface area contributed by atoms with Gasteiger partial charge in [-0.1, -0.05) is 23.8 Å². The first kappa shape index (κ1) is 20.2. The monoisotopic (exact) mass is 397 g/mol. The number of imide groups is 1. The molecule has 6 heteroatoms. The maximum atomic E-state index is 13.3. The minimum atomic E-state index is -0.359. The Bertz CT molecular complexity index is 934. The number of aliphatic hydroxyl groups excluding tert-OH is 1. The predicted octanol–water partition coefficient (Wildman–Crippen LogP) is 3.71. The van der Waals surface area contributed by atoms with Gasteiger partial charge in [0.1, 0.15) is 5.75 Å². The van der Waals surface area contributed by atoms with Crippen LogP contribution in [0.5, 0.6) is 5.75 Å². The quantitative estimate of drug-likeness (QED) is 0.722. The molecule has 0 saturated heterocycles. The first-order chi connectivity index (χ1) is 13.5. The number of benzene rings is 2. The number of thioether (sulfide) groups is 1. The van der Waals surface area contributed by atoms with E-state index in [0.717, 1.165) is 16.7 Å². The molecule has 0 atom stereocenters. The van der Waals surface area contributed by atoms with Gasteiger partial charge in [0.25, 0.3) is 11.8 Å². The van der Waals surface area contributed by atoms with Crippen LogP contribution >= 0.6 is 11.8 Å². The molecule has 1 aliphatic heterocycles. The Kier molecular flexibility index (Phi) is 6.21. The fraction of sp³-hybridized carbons (Fsp3) is 0.273. The van der Waals surface area contributed by atoms with E-state index in [1.807, 2.05) is 39.0 Å². The van der Waals surface area contributed by atoms with E-state index in [-0.39, 0.29) is 18.4 Å². The molecule has 1 heterocycles. The molecule has 2 amide bonds. The van der Waals surface area contributed by atoms with Gasteiger partial charge in [0.2, 0.25) is 0 Å². The van der Waals surface area contributed by atoms with Crippen molar-refractivity contribution >= 4 is 34.8 Å². The van der Waals surface area contributed by atoms with Crippen LogP contribution in [-0.4, -0.2) is 35.9 Å². The first-order valence-electron chi connectivity index (χ1n) is 9.15. The summed E-state index contributed by atoms with van der Waals surface area (Å²) >= 11 is 1.21. The molecule has 0 unspecified atom stereocenters. The summed E-state index contributed by atoms with van der Waals surface area (Å²) in [5.41, 5.74) is 3.67. The highest BCUT2D eigenvalue weighted by Crippen LogP contribution is 2.39. The number of carbonyl (C=O) groups excluding carboxylic acids is 2. The highest BCUT2D eigenvalue weighted by atomic mass is 32.2. The number of hydrogen-bond acceptors (Lipinski definition) is 5. The van der Waals surface area contributed by atoms with Gasteiger partial charge in [-0.05, 0) is 56.2 Å². The molecule has 28 heavy (non-hydrogen) atoms. The summed E-state index contributed by atoms with van der Waals surface area (Å²) in [5, 5.41) is 9.22. The van der Waals surface area contributed by atoms with E-state index in [2.05, 4.69) is 0 Å². The molecule has 0 aromatic heterocycles. The topological polar surface area (TPSA) is 66.8 Å². The second-order valence-electron chi connectivity index (χ2n) is 6.47. The molecule has 3 rings (SSSR count). The number of rotatable bonds is 7. The highest BCUT2D eigenvalue weighted by molar-refractivity contribution is 8.04. The second-order valence-corrected chi connectivity index (χ2v) is 7.57. The van der Waals surface area contributed by atoms with Gasteiger partial charge in [-0.3, -0.25) is 9.59 Å². The van der Waals surface area contributed by atoms with Gasteiger partial charge < -0.3 is 9.84 Å². The third-order valence-electron chi connectivity index (χ3n) is 4.44. The summed E-state index contributed by atoms with van der Waals surface area (Å²) in [5.74, 6) is 0.326. The van der Waals surface area contributed by atoms with Crippen LogP contribution < -0.4 is 9.64 Å². The van der Waals surface area contributed by atoms with Gasteiger partial charge >= 0.3 is 0 Å². The van der Waals surface area contributed by atoms with Gasteiger partial charge in [-0.15, -0.1) is 11.8 Å². The van der Waals surface area contributed by atoms with Crippen LogP contribution in [-0.2, 0) is 9.59 Å². The Balaban J connectivity index is 2.04. The molecule has 0 spiro atoms. The Hall–Kier alpha value is -2.57. The molecule has 2 aromatic carbocycles. The van der Waals surface area contributed by atoms with Crippen LogP contribution in [0.3, 0.4) is 0 Å². The van der Waals surface area contributed by atoms with Gasteiger partial charge in [0, 0.05) is 5.75 Å². The first-order valence-corrected chi connectivity index (χ1v) is 10.1. The van der Waals surface area contributed by atoms with E-state index < -0.39 is 0 Å². The van der Waals surface area contributed by atoms with Crippen LogP contribution in [0.1, 0.15) is 23.6 Å². The van der Waals surface area contributed by atoms with E-state index in [1.165, 1.54) is 16.7 Å². The van der Waals surface area contributed by atoms with Crippen molar-refractivity contribution in [1.29, 1.82) is 0 Å². The number of aryl methyl sites for hydroxylation is 2. The van der Waals surface area contributed by atoms with E-state index >= 15 is 0 Å². The Morgan fingerprint density at radius 1 is 1.04 bits per heavy atom. The minimum Gasteiger partial charge on any atom is -0.494 e. The third kappa shape index (κ3) is 3.84. The number of carbonyl (C=O) groups is 2. The highest BCUT2D eigenvalue weighted by Gasteiger charge is 2.40. The average molecular weight is 397 g/mol.